The van der Waals surface area contributed by atoms with Crippen LogP contribution in [0.2, 0.25) is 0 Å². The second kappa shape index (κ2) is 4.32. The van der Waals surface area contributed by atoms with Crippen LogP contribution in [0, 0.1) is 0 Å². The van der Waals surface area contributed by atoms with Crippen LogP contribution in [0.1, 0.15) is 29.8 Å². The number of nitrogens with zero attached hydrogens (tertiary/aromatic N) is 2. The van der Waals surface area contributed by atoms with Gasteiger partial charge in [0.2, 0.25) is 11.8 Å². The van der Waals surface area contributed by atoms with Crippen LogP contribution in [0.15, 0.2) is 18.2 Å². The summed E-state index contributed by atoms with van der Waals surface area (Å²) in [5.41, 5.74) is -0.186. The second-order valence-electron chi connectivity index (χ2n) is 3.66. The van der Waals surface area contributed by atoms with Crippen LogP contribution >= 0.6 is 0 Å². The summed E-state index contributed by atoms with van der Waals surface area (Å²) >= 11 is 0. The molecule has 6 heteroatoms. The molecule has 1 aliphatic heterocycles. The lowest BCUT2D eigenvalue weighted by Crippen LogP contribution is -2.40. The molecule has 0 unspecified atom stereocenters. The van der Waals surface area contributed by atoms with Crippen LogP contribution in [-0.2, 0) is 9.59 Å². The van der Waals surface area contributed by atoms with Gasteiger partial charge in [0, 0.05) is 12.8 Å². The number of carbonyl (C=O) groups is 3. The number of carboxylic acid groups (broad SMARTS) is 1. The Morgan fingerprint density at radius 3 is 2.47 bits per heavy atom. The van der Waals surface area contributed by atoms with Gasteiger partial charge in [-0.25, -0.2) is 14.7 Å². The zero-order chi connectivity index (χ0) is 12.4. The third-order valence-electron chi connectivity index (χ3n) is 2.46. The number of aromatic carboxylic acids is 1. The van der Waals surface area contributed by atoms with E-state index in [2.05, 4.69) is 4.98 Å². The molecule has 2 heterocycles. The van der Waals surface area contributed by atoms with Crippen molar-refractivity contribution in [3.05, 3.63) is 23.9 Å². The quantitative estimate of drug-likeness (QED) is 0.765. The van der Waals surface area contributed by atoms with Gasteiger partial charge in [-0.15, -0.1) is 0 Å². The van der Waals surface area contributed by atoms with E-state index in [-0.39, 0.29) is 36.2 Å². The van der Waals surface area contributed by atoms with E-state index in [0.717, 1.165) is 4.90 Å². The standard InChI is InChI=1S/C11H10N2O4/c14-9-5-2-6-10(15)13(9)8-4-1-3-7(12-8)11(16)17/h1,3-4H,2,5-6H2,(H,16,17). The maximum Gasteiger partial charge on any atom is 0.354 e. The van der Waals surface area contributed by atoms with Crippen molar-refractivity contribution in [2.45, 2.75) is 19.3 Å². The average Bonchev–Trinajstić information content (AvgIpc) is 2.29. The zero-order valence-electron chi connectivity index (χ0n) is 8.92. The van der Waals surface area contributed by atoms with Crippen molar-refractivity contribution >= 4 is 23.6 Å². The molecule has 17 heavy (non-hydrogen) atoms. The molecule has 0 aromatic carbocycles. The Balaban J connectivity index is 2.38. The van der Waals surface area contributed by atoms with Gasteiger partial charge in [-0.2, -0.15) is 0 Å². The number of piperidine rings is 1. The maximum atomic E-state index is 11.6. The number of hydrogen-bond donors (Lipinski definition) is 1. The number of imide groups is 1. The molecule has 0 bridgehead atoms. The molecule has 1 aromatic heterocycles. The fourth-order valence-corrected chi connectivity index (χ4v) is 1.68. The largest absolute Gasteiger partial charge is 0.477 e. The number of pyridine rings is 1. The summed E-state index contributed by atoms with van der Waals surface area (Å²) in [6.07, 6.45) is 1.10. The van der Waals surface area contributed by atoms with E-state index in [9.17, 15) is 14.4 Å². The molecule has 1 fully saturated rings. The molecule has 0 spiro atoms. The first-order valence-electron chi connectivity index (χ1n) is 5.16. The van der Waals surface area contributed by atoms with Crippen molar-refractivity contribution in [1.82, 2.24) is 4.98 Å². The fraction of sp³-hybridized carbons (Fsp3) is 0.273. The van der Waals surface area contributed by atoms with Crippen LogP contribution < -0.4 is 4.90 Å². The molecular weight excluding hydrogens is 224 g/mol. The van der Waals surface area contributed by atoms with Gasteiger partial charge in [0.25, 0.3) is 0 Å². The number of carboxylic acids is 1. The minimum atomic E-state index is -1.19. The molecule has 1 saturated heterocycles. The summed E-state index contributed by atoms with van der Waals surface area (Å²) in [5, 5.41) is 8.79. The van der Waals surface area contributed by atoms with Crippen LogP contribution in [0.5, 0.6) is 0 Å². The van der Waals surface area contributed by atoms with Crippen LogP contribution in [0.3, 0.4) is 0 Å². The summed E-state index contributed by atoms with van der Waals surface area (Å²) < 4.78 is 0. The van der Waals surface area contributed by atoms with Gasteiger partial charge < -0.3 is 5.11 Å². The Morgan fingerprint density at radius 2 is 1.88 bits per heavy atom. The maximum absolute atomic E-state index is 11.6. The van der Waals surface area contributed by atoms with Gasteiger partial charge in [0.05, 0.1) is 0 Å². The lowest BCUT2D eigenvalue weighted by molar-refractivity contribution is -0.129. The summed E-state index contributed by atoms with van der Waals surface area (Å²) in [6, 6.07) is 4.22. The zero-order valence-corrected chi connectivity index (χ0v) is 8.92. The highest BCUT2D eigenvalue weighted by atomic mass is 16.4. The van der Waals surface area contributed by atoms with Crippen molar-refractivity contribution in [3.63, 3.8) is 0 Å². The van der Waals surface area contributed by atoms with E-state index >= 15 is 0 Å². The van der Waals surface area contributed by atoms with Gasteiger partial charge in [0.15, 0.2) is 5.69 Å². The van der Waals surface area contributed by atoms with E-state index < -0.39 is 5.97 Å². The van der Waals surface area contributed by atoms with Gasteiger partial charge in [-0.1, -0.05) is 6.07 Å². The smallest absolute Gasteiger partial charge is 0.354 e. The lowest BCUT2D eigenvalue weighted by Gasteiger charge is -2.23. The third-order valence-corrected chi connectivity index (χ3v) is 2.46. The Morgan fingerprint density at radius 1 is 1.24 bits per heavy atom. The highest BCUT2D eigenvalue weighted by molar-refractivity contribution is 6.15. The molecule has 2 amide bonds. The van der Waals surface area contributed by atoms with Gasteiger partial charge in [-0.3, -0.25) is 9.59 Å². The number of anilines is 1. The number of aromatic nitrogens is 1. The van der Waals surface area contributed by atoms with E-state index in [4.69, 9.17) is 5.11 Å². The molecule has 1 aromatic rings. The number of amides is 2. The fourth-order valence-electron chi connectivity index (χ4n) is 1.68. The van der Waals surface area contributed by atoms with E-state index in [1.165, 1.54) is 18.2 Å². The van der Waals surface area contributed by atoms with Crippen molar-refractivity contribution in [1.29, 1.82) is 0 Å². The average molecular weight is 234 g/mol. The van der Waals surface area contributed by atoms with Gasteiger partial charge >= 0.3 is 5.97 Å². The van der Waals surface area contributed by atoms with Crippen molar-refractivity contribution in [2.24, 2.45) is 0 Å². The second-order valence-corrected chi connectivity index (χ2v) is 3.66. The van der Waals surface area contributed by atoms with Gasteiger partial charge in [-0.05, 0) is 18.6 Å². The highest BCUT2D eigenvalue weighted by Crippen LogP contribution is 2.20. The summed E-state index contributed by atoms with van der Waals surface area (Å²) in [4.78, 5) is 38.7. The molecular formula is C11H10N2O4. The Labute approximate surface area is 96.9 Å². The predicted molar refractivity (Wildman–Crippen MR) is 57.5 cm³/mol. The molecule has 0 saturated carbocycles. The topological polar surface area (TPSA) is 87.6 Å². The minimum absolute atomic E-state index is 0.0830. The van der Waals surface area contributed by atoms with Gasteiger partial charge in [0.1, 0.15) is 5.82 Å². The highest BCUT2D eigenvalue weighted by Gasteiger charge is 2.28. The Kier molecular flexibility index (Phi) is 2.86. The molecule has 0 atom stereocenters. The molecule has 88 valence electrons. The monoisotopic (exact) mass is 234 g/mol. The van der Waals surface area contributed by atoms with Crippen LogP contribution in [0.4, 0.5) is 5.82 Å². The summed E-state index contributed by atoms with van der Waals surface area (Å²) in [6.45, 7) is 0. The molecule has 6 nitrogen and oxygen atoms in total. The molecule has 1 N–H and O–H groups in total. The number of hydrogen-bond acceptors (Lipinski definition) is 4. The van der Waals surface area contributed by atoms with Crippen LogP contribution in [0.25, 0.3) is 0 Å². The van der Waals surface area contributed by atoms with E-state index in [0.29, 0.717) is 6.42 Å². The first-order valence-corrected chi connectivity index (χ1v) is 5.16. The van der Waals surface area contributed by atoms with Crippen molar-refractivity contribution in [3.8, 4) is 0 Å². The van der Waals surface area contributed by atoms with Crippen molar-refractivity contribution in [2.75, 3.05) is 4.90 Å². The predicted octanol–water partition coefficient (Wildman–Crippen LogP) is 0.823. The normalized spacial score (nSPS) is 16.1. The van der Waals surface area contributed by atoms with E-state index in [1.54, 1.807) is 0 Å². The molecule has 1 aliphatic rings. The number of carbonyl (C=O) groups excluding carboxylic acids is 2. The summed E-state index contributed by atoms with van der Waals surface area (Å²) in [5.74, 6) is -1.78. The Bertz CT molecular complexity index is 482. The Hall–Kier alpha value is -2.24. The molecule has 0 aliphatic carbocycles. The first kappa shape index (κ1) is 11.3. The number of rotatable bonds is 2. The molecule has 2 rings (SSSR count). The molecule has 0 radical (unpaired) electrons. The summed E-state index contributed by atoms with van der Waals surface area (Å²) in [7, 11) is 0. The minimum Gasteiger partial charge on any atom is -0.477 e. The van der Waals surface area contributed by atoms with Crippen LogP contribution in [-0.4, -0.2) is 27.9 Å². The first-order chi connectivity index (χ1) is 8.09. The SMILES string of the molecule is O=C(O)c1cccc(N2C(=O)CCCC2=O)n1. The lowest BCUT2D eigenvalue weighted by atomic mass is 10.1. The van der Waals surface area contributed by atoms with Crippen molar-refractivity contribution < 1.29 is 19.5 Å². The van der Waals surface area contributed by atoms with E-state index in [1.807, 2.05) is 0 Å². The third kappa shape index (κ3) is 2.15.